The predicted octanol–water partition coefficient (Wildman–Crippen LogP) is 7.11. The van der Waals surface area contributed by atoms with Crippen LogP contribution in [0.15, 0.2) is 79.1 Å². The van der Waals surface area contributed by atoms with E-state index in [1.54, 1.807) is 24.3 Å². The number of nitrogens with zero attached hydrogens (tertiary/aromatic N) is 2. The number of amides is 1. The molecule has 196 valence electrons. The second-order valence-corrected chi connectivity index (χ2v) is 10.2. The fourth-order valence-electron chi connectivity index (χ4n) is 5.77. The monoisotopic (exact) mass is 509 g/mol. The first-order valence-electron chi connectivity index (χ1n) is 13.6. The Morgan fingerprint density at radius 2 is 1.76 bits per heavy atom. The van der Waals surface area contributed by atoms with E-state index in [1.165, 1.54) is 36.5 Å². The number of nitrogens with one attached hydrogen (secondary N) is 1. The molecule has 1 amide bonds. The van der Waals surface area contributed by atoms with Crippen LogP contribution in [-0.2, 0) is 16.1 Å². The molecule has 2 aromatic carbocycles. The van der Waals surface area contributed by atoms with Crippen LogP contribution in [0.4, 0.5) is 5.69 Å². The van der Waals surface area contributed by atoms with Crippen LogP contribution in [0.2, 0.25) is 0 Å². The van der Waals surface area contributed by atoms with Crippen LogP contribution in [0.25, 0.3) is 22.2 Å². The Morgan fingerprint density at radius 3 is 2.50 bits per heavy atom. The lowest BCUT2D eigenvalue weighted by atomic mass is 9.85. The summed E-state index contributed by atoms with van der Waals surface area (Å²) in [6, 6.07) is 21.5. The average Bonchev–Trinajstić information content (AvgIpc) is 3.62. The van der Waals surface area contributed by atoms with E-state index in [9.17, 15) is 9.59 Å². The number of hydrogen-bond acceptors (Lipinski definition) is 4. The Hall–Kier alpha value is -3.93. The van der Waals surface area contributed by atoms with Gasteiger partial charge in [-0.05, 0) is 73.6 Å². The molecule has 6 nitrogen and oxygen atoms in total. The van der Waals surface area contributed by atoms with Crippen LogP contribution in [-0.4, -0.2) is 28.5 Å². The molecular weight excluding hydrogens is 474 g/mol. The molecule has 4 aromatic rings. The molecule has 0 spiro atoms. The number of ether oxygens (including phenoxy) is 1. The first-order chi connectivity index (χ1) is 18.6. The van der Waals surface area contributed by atoms with Gasteiger partial charge in [0.1, 0.15) is 5.65 Å². The number of carbonyl (C=O) groups excluding carboxylic acids is 2. The Morgan fingerprint density at radius 1 is 1.00 bits per heavy atom. The quantitative estimate of drug-likeness (QED) is 0.183. The molecule has 1 N–H and O–H groups in total. The largest absolute Gasteiger partial charge is 0.465 e. The number of aryl methyl sites for hydroxylation is 1. The van der Waals surface area contributed by atoms with Crippen molar-refractivity contribution in [2.45, 2.75) is 51.5 Å². The summed E-state index contributed by atoms with van der Waals surface area (Å²) in [5.74, 6) is 0.135. The zero-order chi connectivity index (χ0) is 26.3. The lowest BCUT2D eigenvalue weighted by Crippen LogP contribution is -2.28. The standard InChI is InChI=1S/C32H35N3O3/c1-38-32(37)25-16-18-26(19-17-25)34-31(36)27(23-12-5-6-13-23)14-7-8-21-35-22-29(24-10-3-2-4-11-24)28-15-9-20-33-30(28)35/h2-4,9-11,15-20,22-23,27H,5-8,12-14,21H2,1H3,(H,34,36). The summed E-state index contributed by atoms with van der Waals surface area (Å²) in [5, 5.41) is 4.27. The maximum atomic E-state index is 13.4. The maximum Gasteiger partial charge on any atom is 0.337 e. The van der Waals surface area contributed by atoms with Crippen LogP contribution in [0, 0.1) is 11.8 Å². The fourth-order valence-corrected chi connectivity index (χ4v) is 5.77. The number of anilines is 1. The molecule has 0 aliphatic heterocycles. The highest BCUT2D eigenvalue weighted by atomic mass is 16.5. The number of rotatable bonds is 10. The molecule has 0 bridgehead atoms. The molecule has 2 heterocycles. The van der Waals surface area contributed by atoms with Gasteiger partial charge in [-0.2, -0.15) is 0 Å². The van der Waals surface area contributed by atoms with Crippen LogP contribution < -0.4 is 5.32 Å². The predicted molar refractivity (Wildman–Crippen MR) is 151 cm³/mol. The second-order valence-electron chi connectivity index (χ2n) is 10.2. The molecule has 1 atom stereocenters. The van der Waals surface area contributed by atoms with Crippen molar-refractivity contribution in [2.75, 3.05) is 12.4 Å². The van der Waals surface area contributed by atoms with Gasteiger partial charge in [0.05, 0.1) is 12.7 Å². The molecule has 0 saturated heterocycles. The van der Waals surface area contributed by atoms with Gasteiger partial charge < -0.3 is 14.6 Å². The van der Waals surface area contributed by atoms with Crippen LogP contribution in [0.5, 0.6) is 0 Å². The molecule has 5 rings (SSSR count). The van der Waals surface area contributed by atoms with Gasteiger partial charge in [-0.25, -0.2) is 9.78 Å². The third kappa shape index (κ3) is 5.80. The first-order valence-corrected chi connectivity index (χ1v) is 13.6. The second kappa shape index (κ2) is 12.1. The van der Waals surface area contributed by atoms with Gasteiger partial charge in [0.25, 0.3) is 0 Å². The van der Waals surface area contributed by atoms with E-state index in [2.05, 4.69) is 51.4 Å². The minimum Gasteiger partial charge on any atom is -0.465 e. The number of methoxy groups -OCH3 is 1. The number of benzene rings is 2. The summed E-state index contributed by atoms with van der Waals surface area (Å²) in [4.78, 5) is 29.7. The first kappa shape index (κ1) is 25.7. The van der Waals surface area contributed by atoms with E-state index in [0.29, 0.717) is 17.2 Å². The van der Waals surface area contributed by atoms with E-state index in [-0.39, 0.29) is 17.8 Å². The number of aromatic nitrogens is 2. The SMILES string of the molecule is COC(=O)c1ccc(NC(=O)C(CCCCn2cc(-c3ccccc3)c3cccnc32)C2CCCC2)cc1. The van der Waals surface area contributed by atoms with Gasteiger partial charge in [0.2, 0.25) is 5.91 Å². The Balaban J connectivity index is 1.23. The molecule has 1 aliphatic carbocycles. The molecule has 1 saturated carbocycles. The van der Waals surface area contributed by atoms with Gasteiger partial charge in [-0.1, -0.05) is 49.6 Å². The van der Waals surface area contributed by atoms with E-state index < -0.39 is 0 Å². The highest BCUT2D eigenvalue weighted by Crippen LogP contribution is 2.35. The van der Waals surface area contributed by atoms with E-state index in [4.69, 9.17) is 4.74 Å². The normalized spacial score (nSPS) is 14.4. The number of fused-ring (bicyclic) bond motifs is 1. The number of hydrogen-bond donors (Lipinski definition) is 1. The smallest absolute Gasteiger partial charge is 0.337 e. The summed E-state index contributed by atoms with van der Waals surface area (Å²) in [6.07, 6.45) is 11.5. The van der Waals surface area contributed by atoms with Crippen molar-refractivity contribution < 1.29 is 14.3 Å². The van der Waals surface area contributed by atoms with Crippen molar-refractivity contribution in [1.29, 1.82) is 0 Å². The summed E-state index contributed by atoms with van der Waals surface area (Å²) in [6.45, 7) is 0.869. The Kier molecular flexibility index (Phi) is 8.17. The van der Waals surface area contributed by atoms with Gasteiger partial charge in [-0.3, -0.25) is 4.79 Å². The molecule has 0 radical (unpaired) electrons. The summed E-state index contributed by atoms with van der Waals surface area (Å²) in [7, 11) is 1.36. The lowest BCUT2D eigenvalue weighted by Gasteiger charge is -2.23. The molecule has 38 heavy (non-hydrogen) atoms. The Bertz CT molecular complexity index is 1370. The highest BCUT2D eigenvalue weighted by molar-refractivity contribution is 5.95. The Labute approximate surface area is 224 Å². The zero-order valence-corrected chi connectivity index (χ0v) is 21.9. The van der Waals surface area contributed by atoms with Crippen LogP contribution >= 0.6 is 0 Å². The van der Waals surface area contributed by atoms with Crippen LogP contribution in [0.1, 0.15) is 55.3 Å². The number of pyridine rings is 1. The van der Waals surface area contributed by atoms with Gasteiger partial charge in [0, 0.05) is 41.5 Å². The highest BCUT2D eigenvalue weighted by Gasteiger charge is 2.30. The maximum absolute atomic E-state index is 13.4. The molecular formula is C32H35N3O3. The van der Waals surface area contributed by atoms with Crippen molar-refractivity contribution in [3.05, 3.63) is 84.7 Å². The van der Waals surface area contributed by atoms with Crippen molar-refractivity contribution >= 4 is 28.6 Å². The number of esters is 1. The van der Waals surface area contributed by atoms with Gasteiger partial charge in [-0.15, -0.1) is 0 Å². The van der Waals surface area contributed by atoms with Crippen molar-refractivity contribution in [1.82, 2.24) is 9.55 Å². The molecule has 2 aromatic heterocycles. The third-order valence-corrected chi connectivity index (χ3v) is 7.76. The minimum absolute atomic E-state index is 0.00260. The summed E-state index contributed by atoms with van der Waals surface area (Å²) in [5.41, 5.74) is 4.59. The van der Waals surface area contributed by atoms with E-state index >= 15 is 0 Å². The average molecular weight is 510 g/mol. The van der Waals surface area contributed by atoms with Crippen molar-refractivity contribution in [3.63, 3.8) is 0 Å². The van der Waals surface area contributed by atoms with Crippen molar-refractivity contribution in [3.8, 4) is 11.1 Å². The topological polar surface area (TPSA) is 73.2 Å². The van der Waals surface area contributed by atoms with Gasteiger partial charge >= 0.3 is 5.97 Å². The van der Waals surface area contributed by atoms with E-state index in [0.717, 1.165) is 44.3 Å². The molecule has 6 heteroatoms. The summed E-state index contributed by atoms with van der Waals surface area (Å²) < 4.78 is 7.02. The molecule has 1 unspecified atom stereocenters. The minimum atomic E-state index is -0.381. The lowest BCUT2D eigenvalue weighted by molar-refractivity contribution is -0.121. The third-order valence-electron chi connectivity index (χ3n) is 7.76. The van der Waals surface area contributed by atoms with Crippen molar-refractivity contribution in [2.24, 2.45) is 11.8 Å². The van der Waals surface area contributed by atoms with Gasteiger partial charge in [0.15, 0.2) is 0 Å². The molecule has 1 fully saturated rings. The summed E-state index contributed by atoms with van der Waals surface area (Å²) >= 11 is 0. The fraction of sp³-hybridized carbons (Fsp3) is 0.344. The number of unbranched alkanes of at least 4 members (excludes halogenated alkanes) is 1. The number of carbonyl (C=O) groups is 2. The molecule has 1 aliphatic rings. The zero-order valence-electron chi connectivity index (χ0n) is 21.9. The van der Waals surface area contributed by atoms with E-state index in [1.807, 2.05) is 18.3 Å². The van der Waals surface area contributed by atoms with Crippen LogP contribution in [0.3, 0.4) is 0 Å².